The van der Waals surface area contributed by atoms with E-state index in [-0.39, 0.29) is 29.7 Å². The minimum atomic E-state index is -0.152. The van der Waals surface area contributed by atoms with Crippen LogP contribution in [-0.4, -0.2) is 26.2 Å². The van der Waals surface area contributed by atoms with Crippen molar-refractivity contribution in [2.45, 2.75) is 38.5 Å². The first-order valence-corrected chi connectivity index (χ1v) is 6.84. The number of ether oxygens (including phenoxy) is 2. The molecule has 0 aromatic heterocycles. The van der Waals surface area contributed by atoms with Crippen LogP contribution in [0.2, 0.25) is 0 Å². The van der Waals surface area contributed by atoms with Crippen LogP contribution in [0, 0.1) is 23.7 Å². The van der Waals surface area contributed by atoms with E-state index in [9.17, 15) is 9.59 Å². The first-order chi connectivity index (χ1) is 8.69. The Bertz CT molecular complexity index is 296. The van der Waals surface area contributed by atoms with Gasteiger partial charge in [-0.25, -0.2) is 0 Å². The second-order valence-electron chi connectivity index (χ2n) is 5.46. The summed E-state index contributed by atoms with van der Waals surface area (Å²) in [6.07, 6.45) is 6.09. The van der Waals surface area contributed by atoms with Gasteiger partial charge in [0.1, 0.15) is 0 Å². The summed E-state index contributed by atoms with van der Waals surface area (Å²) in [6.45, 7) is 0. The molecule has 0 spiro atoms. The number of carbonyl (C=O) groups excluding carboxylic acids is 2. The van der Waals surface area contributed by atoms with Crippen LogP contribution in [0.1, 0.15) is 38.5 Å². The van der Waals surface area contributed by atoms with Gasteiger partial charge in [-0.2, -0.15) is 0 Å². The van der Waals surface area contributed by atoms with Crippen LogP contribution in [0.5, 0.6) is 0 Å². The van der Waals surface area contributed by atoms with E-state index in [1.807, 2.05) is 0 Å². The molecular weight excluding hydrogens is 232 g/mol. The van der Waals surface area contributed by atoms with Crippen molar-refractivity contribution < 1.29 is 19.1 Å². The smallest absolute Gasteiger partial charge is 0.308 e. The summed E-state index contributed by atoms with van der Waals surface area (Å²) in [5.41, 5.74) is 0. The number of fused-ring (bicyclic) bond motifs is 1. The zero-order valence-corrected chi connectivity index (χ0v) is 11.2. The average molecular weight is 254 g/mol. The second-order valence-corrected chi connectivity index (χ2v) is 5.46. The second kappa shape index (κ2) is 5.72. The molecule has 0 bridgehead atoms. The van der Waals surface area contributed by atoms with Crippen molar-refractivity contribution in [3.05, 3.63) is 0 Å². The van der Waals surface area contributed by atoms with Gasteiger partial charge in [0, 0.05) is 0 Å². The molecule has 2 aliphatic carbocycles. The zero-order valence-electron chi connectivity index (χ0n) is 11.2. The molecule has 0 heterocycles. The monoisotopic (exact) mass is 254 g/mol. The fraction of sp³-hybridized carbons (Fsp3) is 0.857. The molecule has 0 aromatic rings. The van der Waals surface area contributed by atoms with Gasteiger partial charge in [0.05, 0.1) is 26.1 Å². The lowest BCUT2D eigenvalue weighted by molar-refractivity contribution is -0.159. The quantitative estimate of drug-likeness (QED) is 0.709. The zero-order chi connectivity index (χ0) is 13.1. The van der Waals surface area contributed by atoms with Gasteiger partial charge in [-0.1, -0.05) is 25.7 Å². The Labute approximate surface area is 108 Å². The Morgan fingerprint density at radius 2 is 1.28 bits per heavy atom. The van der Waals surface area contributed by atoms with Gasteiger partial charge in [-0.3, -0.25) is 9.59 Å². The molecule has 4 nitrogen and oxygen atoms in total. The van der Waals surface area contributed by atoms with Crippen molar-refractivity contribution in [1.82, 2.24) is 0 Å². The fourth-order valence-electron chi connectivity index (χ4n) is 3.90. The molecule has 2 atom stereocenters. The summed E-state index contributed by atoms with van der Waals surface area (Å²) in [5.74, 6) is 0.0883. The Balaban J connectivity index is 2.21. The Kier molecular flexibility index (Phi) is 4.25. The highest BCUT2D eigenvalue weighted by Crippen LogP contribution is 2.47. The van der Waals surface area contributed by atoms with Crippen molar-refractivity contribution in [3.8, 4) is 0 Å². The number of hydrogen-bond acceptors (Lipinski definition) is 4. The van der Waals surface area contributed by atoms with E-state index in [4.69, 9.17) is 9.47 Å². The van der Waals surface area contributed by atoms with Gasteiger partial charge in [0.25, 0.3) is 0 Å². The highest BCUT2D eigenvalue weighted by atomic mass is 16.5. The van der Waals surface area contributed by atoms with Crippen molar-refractivity contribution in [1.29, 1.82) is 0 Å². The van der Waals surface area contributed by atoms with Crippen molar-refractivity contribution in [2.75, 3.05) is 14.2 Å². The Morgan fingerprint density at radius 1 is 0.833 bits per heavy atom. The molecule has 0 aromatic carbocycles. The molecule has 2 aliphatic rings. The lowest BCUT2D eigenvalue weighted by Gasteiger charge is -2.43. The van der Waals surface area contributed by atoms with Crippen molar-refractivity contribution >= 4 is 11.9 Å². The van der Waals surface area contributed by atoms with Crippen LogP contribution >= 0.6 is 0 Å². The van der Waals surface area contributed by atoms with E-state index < -0.39 is 0 Å². The molecule has 0 amide bonds. The topological polar surface area (TPSA) is 52.6 Å². The van der Waals surface area contributed by atoms with Gasteiger partial charge in [-0.15, -0.1) is 0 Å². The largest absolute Gasteiger partial charge is 0.469 e. The van der Waals surface area contributed by atoms with Crippen LogP contribution in [-0.2, 0) is 19.1 Å². The molecule has 0 radical (unpaired) electrons. The number of hydrogen-bond donors (Lipinski definition) is 0. The minimum Gasteiger partial charge on any atom is -0.469 e. The normalized spacial score (nSPS) is 35.4. The minimum absolute atomic E-state index is 0.113. The summed E-state index contributed by atoms with van der Waals surface area (Å²) < 4.78 is 9.82. The summed E-state index contributed by atoms with van der Waals surface area (Å²) in [5, 5.41) is 0. The maximum Gasteiger partial charge on any atom is 0.308 e. The molecule has 2 rings (SSSR count). The van der Waals surface area contributed by atoms with E-state index in [2.05, 4.69) is 0 Å². The van der Waals surface area contributed by atoms with E-state index in [0.717, 1.165) is 38.5 Å². The number of rotatable bonds is 2. The van der Waals surface area contributed by atoms with Gasteiger partial charge in [0.15, 0.2) is 0 Å². The van der Waals surface area contributed by atoms with Crippen LogP contribution in [0.25, 0.3) is 0 Å². The van der Waals surface area contributed by atoms with Crippen LogP contribution < -0.4 is 0 Å². The third kappa shape index (κ3) is 2.38. The van der Waals surface area contributed by atoms with Crippen LogP contribution in [0.4, 0.5) is 0 Å². The number of methoxy groups -OCH3 is 2. The van der Waals surface area contributed by atoms with E-state index in [0.29, 0.717) is 5.92 Å². The maximum atomic E-state index is 11.9. The van der Waals surface area contributed by atoms with Gasteiger partial charge >= 0.3 is 11.9 Å². The first-order valence-electron chi connectivity index (χ1n) is 6.84. The molecule has 4 heteroatoms. The third-order valence-corrected chi connectivity index (χ3v) is 4.66. The van der Waals surface area contributed by atoms with E-state index >= 15 is 0 Å². The predicted octanol–water partition coefficient (Wildman–Crippen LogP) is 2.17. The van der Waals surface area contributed by atoms with Gasteiger partial charge < -0.3 is 9.47 Å². The summed E-state index contributed by atoms with van der Waals surface area (Å²) in [7, 11) is 2.86. The highest BCUT2D eigenvalue weighted by molar-refractivity contribution is 5.77. The lowest BCUT2D eigenvalue weighted by atomic mass is 9.61. The molecule has 2 saturated carbocycles. The van der Waals surface area contributed by atoms with Crippen molar-refractivity contribution in [3.63, 3.8) is 0 Å². The molecule has 18 heavy (non-hydrogen) atoms. The fourth-order valence-corrected chi connectivity index (χ4v) is 3.90. The van der Waals surface area contributed by atoms with Crippen molar-refractivity contribution in [2.24, 2.45) is 23.7 Å². The summed E-state index contributed by atoms with van der Waals surface area (Å²) >= 11 is 0. The van der Waals surface area contributed by atoms with E-state index in [1.54, 1.807) is 0 Å². The highest BCUT2D eigenvalue weighted by Gasteiger charge is 2.47. The standard InChI is InChI=1S/C14H22O4/c1-17-13(15)10-7-3-5-9-6-4-8-11(12(9)10)14(16)18-2/h9-12H,3-8H2,1-2H3. The van der Waals surface area contributed by atoms with Gasteiger partial charge in [-0.05, 0) is 24.7 Å². The maximum absolute atomic E-state index is 11.9. The molecule has 0 N–H and O–H groups in total. The Morgan fingerprint density at radius 3 is 1.67 bits per heavy atom. The molecular formula is C14H22O4. The molecule has 2 unspecified atom stereocenters. The van der Waals surface area contributed by atoms with Gasteiger partial charge in [0.2, 0.25) is 0 Å². The summed E-state index contributed by atoms with van der Waals surface area (Å²) in [6, 6.07) is 0. The molecule has 0 saturated heterocycles. The average Bonchev–Trinajstić information content (AvgIpc) is 2.44. The SMILES string of the molecule is COC(=O)C1CCCC2CCCC(C(=O)OC)C21. The van der Waals surface area contributed by atoms with Crippen LogP contribution in [0.15, 0.2) is 0 Å². The summed E-state index contributed by atoms with van der Waals surface area (Å²) in [4.78, 5) is 23.8. The molecule has 0 aliphatic heterocycles. The molecule has 2 fully saturated rings. The van der Waals surface area contributed by atoms with E-state index in [1.165, 1.54) is 14.2 Å². The third-order valence-electron chi connectivity index (χ3n) is 4.66. The number of esters is 2. The molecule has 102 valence electrons. The van der Waals surface area contributed by atoms with Crippen LogP contribution in [0.3, 0.4) is 0 Å². The number of carbonyl (C=O) groups is 2. The first kappa shape index (κ1) is 13.4. The predicted molar refractivity (Wildman–Crippen MR) is 65.7 cm³/mol. The Hall–Kier alpha value is -1.06. The lowest BCUT2D eigenvalue weighted by Crippen LogP contribution is -2.44.